The molecule has 0 spiro atoms. The van der Waals surface area contributed by atoms with Crippen molar-refractivity contribution in [2.24, 2.45) is 0 Å². The van der Waals surface area contributed by atoms with E-state index in [2.05, 4.69) is 0 Å². The highest BCUT2D eigenvalue weighted by Crippen LogP contribution is 2.23. The average Bonchev–Trinajstić information content (AvgIpc) is 3.24. The molecule has 0 N–H and O–H groups in total. The molecule has 1 aromatic carbocycles. The Morgan fingerprint density at radius 3 is 2.12 bits per heavy atom. The number of imide groups is 1. The molecule has 2 aliphatic rings. The third-order valence-corrected chi connectivity index (χ3v) is 4.46. The second kappa shape index (κ2) is 7.04. The van der Waals surface area contributed by atoms with Crippen LogP contribution in [0.25, 0.3) is 0 Å². The van der Waals surface area contributed by atoms with E-state index in [0.29, 0.717) is 18.8 Å². The molecule has 7 heteroatoms. The first-order valence-electron chi connectivity index (χ1n) is 8.43. The van der Waals surface area contributed by atoms with Gasteiger partial charge in [-0.3, -0.25) is 19.3 Å². The van der Waals surface area contributed by atoms with Crippen LogP contribution in [0.2, 0.25) is 0 Å². The van der Waals surface area contributed by atoms with Crippen LogP contribution in [-0.4, -0.2) is 47.8 Å². The number of hydrogen-bond acceptors (Lipinski definition) is 5. The van der Waals surface area contributed by atoms with Gasteiger partial charge in [0.2, 0.25) is 11.8 Å². The van der Waals surface area contributed by atoms with E-state index in [1.807, 2.05) is 0 Å². The number of carbonyl (C=O) groups is 4. The van der Waals surface area contributed by atoms with E-state index in [9.17, 15) is 19.2 Å². The lowest BCUT2D eigenvalue weighted by atomic mass is 10.2. The van der Waals surface area contributed by atoms with Crippen LogP contribution in [0, 0.1) is 0 Å². The largest absolute Gasteiger partial charge is 0.449 e. The second-order valence-electron chi connectivity index (χ2n) is 6.25. The summed E-state index contributed by atoms with van der Waals surface area (Å²) in [7, 11) is 0. The summed E-state index contributed by atoms with van der Waals surface area (Å²) in [6.07, 6.45) is 1.52. The van der Waals surface area contributed by atoms with E-state index in [1.165, 1.54) is 24.3 Å². The molecule has 3 amide bonds. The number of esters is 1. The highest BCUT2D eigenvalue weighted by atomic mass is 16.5. The number of nitrogens with zero attached hydrogens (tertiary/aromatic N) is 2. The molecular weight excluding hydrogens is 324 g/mol. The fourth-order valence-electron chi connectivity index (χ4n) is 3.08. The van der Waals surface area contributed by atoms with Gasteiger partial charge in [0.25, 0.3) is 5.91 Å². The summed E-state index contributed by atoms with van der Waals surface area (Å²) in [5, 5.41) is 0. The monoisotopic (exact) mass is 344 g/mol. The third-order valence-electron chi connectivity index (χ3n) is 4.46. The number of likely N-dealkylation sites (tertiary alicyclic amines) is 1. The van der Waals surface area contributed by atoms with E-state index in [1.54, 1.807) is 11.8 Å². The molecule has 0 saturated carbocycles. The van der Waals surface area contributed by atoms with Gasteiger partial charge in [-0.25, -0.2) is 4.79 Å². The maximum Gasteiger partial charge on any atom is 0.338 e. The predicted molar refractivity (Wildman–Crippen MR) is 88.9 cm³/mol. The van der Waals surface area contributed by atoms with Gasteiger partial charge in [0.05, 0.1) is 11.3 Å². The molecule has 2 fully saturated rings. The normalized spacial score (nSPS) is 18.6. The van der Waals surface area contributed by atoms with E-state index in [0.717, 1.165) is 17.7 Å². The molecule has 2 saturated heterocycles. The molecule has 132 valence electrons. The van der Waals surface area contributed by atoms with Crippen molar-refractivity contribution in [2.75, 3.05) is 18.0 Å². The summed E-state index contributed by atoms with van der Waals surface area (Å²) >= 11 is 0. The van der Waals surface area contributed by atoms with Gasteiger partial charge in [0.1, 0.15) is 0 Å². The van der Waals surface area contributed by atoms with Crippen molar-refractivity contribution >= 4 is 29.4 Å². The topological polar surface area (TPSA) is 84.0 Å². The fourth-order valence-corrected chi connectivity index (χ4v) is 3.08. The lowest BCUT2D eigenvalue weighted by Gasteiger charge is -2.20. The fraction of sp³-hybridized carbons (Fsp3) is 0.444. The second-order valence-corrected chi connectivity index (χ2v) is 6.25. The molecule has 7 nitrogen and oxygen atoms in total. The smallest absolute Gasteiger partial charge is 0.338 e. The third kappa shape index (κ3) is 3.55. The van der Waals surface area contributed by atoms with E-state index in [4.69, 9.17) is 4.74 Å². The summed E-state index contributed by atoms with van der Waals surface area (Å²) in [5.41, 5.74) is 0.703. The Kier molecular flexibility index (Phi) is 4.83. The van der Waals surface area contributed by atoms with Crippen molar-refractivity contribution < 1.29 is 23.9 Å². The minimum atomic E-state index is -0.841. The maximum atomic E-state index is 12.2. The lowest BCUT2D eigenvalue weighted by Crippen LogP contribution is -2.38. The Bertz CT molecular complexity index is 691. The number of ether oxygens (including phenoxy) is 1. The van der Waals surface area contributed by atoms with Crippen LogP contribution in [0.5, 0.6) is 0 Å². The average molecular weight is 344 g/mol. The van der Waals surface area contributed by atoms with Crippen LogP contribution >= 0.6 is 0 Å². The van der Waals surface area contributed by atoms with Gasteiger partial charge in [0.15, 0.2) is 6.10 Å². The van der Waals surface area contributed by atoms with Gasteiger partial charge in [-0.1, -0.05) is 0 Å². The van der Waals surface area contributed by atoms with Crippen molar-refractivity contribution in [2.45, 2.75) is 38.7 Å². The zero-order valence-electron chi connectivity index (χ0n) is 14.1. The number of amides is 3. The molecule has 0 bridgehead atoms. The van der Waals surface area contributed by atoms with E-state index < -0.39 is 12.1 Å². The summed E-state index contributed by atoms with van der Waals surface area (Å²) in [4.78, 5) is 50.6. The number of rotatable bonds is 4. The summed E-state index contributed by atoms with van der Waals surface area (Å²) in [5.74, 6) is -1.28. The maximum absolute atomic E-state index is 12.2. The number of carbonyl (C=O) groups excluding carboxylic acids is 4. The Morgan fingerprint density at radius 1 is 1.00 bits per heavy atom. The van der Waals surface area contributed by atoms with E-state index >= 15 is 0 Å². The van der Waals surface area contributed by atoms with Gasteiger partial charge < -0.3 is 9.64 Å². The molecule has 25 heavy (non-hydrogen) atoms. The summed E-state index contributed by atoms with van der Waals surface area (Å²) < 4.78 is 5.24. The van der Waals surface area contributed by atoms with Crippen LogP contribution in [-0.2, 0) is 19.1 Å². The van der Waals surface area contributed by atoms with Gasteiger partial charge >= 0.3 is 5.97 Å². The van der Waals surface area contributed by atoms with Gasteiger partial charge in [0, 0.05) is 25.9 Å². The zero-order valence-corrected chi connectivity index (χ0v) is 14.1. The van der Waals surface area contributed by atoms with Crippen LogP contribution < -0.4 is 4.90 Å². The van der Waals surface area contributed by atoms with E-state index in [-0.39, 0.29) is 36.1 Å². The first kappa shape index (κ1) is 17.1. The molecule has 0 aromatic heterocycles. The first-order chi connectivity index (χ1) is 12.0. The Labute approximate surface area is 145 Å². The quantitative estimate of drug-likeness (QED) is 0.611. The first-order valence-corrected chi connectivity index (χ1v) is 8.43. The van der Waals surface area contributed by atoms with Crippen molar-refractivity contribution in [1.82, 2.24) is 4.90 Å². The van der Waals surface area contributed by atoms with Crippen LogP contribution in [0.3, 0.4) is 0 Å². The van der Waals surface area contributed by atoms with Gasteiger partial charge in [-0.05, 0) is 44.0 Å². The molecule has 1 atom stereocenters. The van der Waals surface area contributed by atoms with Crippen molar-refractivity contribution in [3.05, 3.63) is 29.8 Å². The molecule has 0 radical (unpaired) electrons. The highest BCUT2D eigenvalue weighted by Gasteiger charge is 2.30. The summed E-state index contributed by atoms with van der Waals surface area (Å²) in [6.45, 7) is 2.97. The van der Waals surface area contributed by atoms with Crippen LogP contribution in [0.15, 0.2) is 24.3 Å². The molecule has 3 rings (SSSR count). The minimum absolute atomic E-state index is 0.185. The molecule has 2 heterocycles. The van der Waals surface area contributed by atoms with Crippen molar-refractivity contribution in [1.29, 1.82) is 0 Å². The van der Waals surface area contributed by atoms with Gasteiger partial charge in [-0.15, -0.1) is 0 Å². The van der Waals surface area contributed by atoms with Crippen molar-refractivity contribution in [3.8, 4) is 0 Å². The highest BCUT2D eigenvalue weighted by molar-refractivity contribution is 6.19. The lowest BCUT2D eigenvalue weighted by molar-refractivity contribution is -0.138. The Balaban J connectivity index is 1.63. The SMILES string of the molecule is C[C@H](OC(=O)c1ccc(N2C(=O)CCC2=O)cc1)C(=O)N1CCCC1. The number of benzene rings is 1. The molecule has 0 aliphatic carbocycles. The van der Waals surface area contributed by atoms with Crippen molar-refractivity contribution in [3.63, 3.8) is 0 Å². The Morgan fingerprint density at radius 2 is 1.56 bits per heavy atom. The molecule has 1 aromatic rings. The van der Waals surface area contributed by atoms with Crippen LogP contribution in [0.1, 0.15) is 43.0 Å². The molecule has 0 unspecified atom stereocenters. The summed E-state index contributed by atoms with van der Waals surface area (Å²) in [6, 6.07) is 6.04. The Hall–Kier alpha value is -2.70. The number of anilines is 1. The molecular formula is C18H20N2O5. The minimum Gasteiger partial charge on any atom is -0.449 e. The zero-order chi connectivity index (χ0) is 18.0. The van der Waals surface area contributed by atoms with Crippen LogP contribution in [0.4, 0.5) is 5.69 Å². The van der Waals surface area contributed by atoms with Gasteiger partial charge in [-0.2, -0.15) is 0 Å². The predicted octanol–water partition coefficient (Wildman–Crippen LogP) is 1.51. The number of hydrogen-bond donors (Lipinski definition) is 0. The standard InChI is InChI=1S/C18H20N2O5/c1-12(17(23)19-10-2-3-11-19)25-18(24)13-4-6-14(7-5-13)20-15(21)8-9-16(20)22/h4-7,12H,2-3,8-11H2,1H3/t12-/m0/s1. The molecule has 2 aliphatic heterocycles.